The molecular weight excluding hydrogens is 619 g/mol. The summed E-state index contributed by atoms with van der Waals surface area (Å²) in [5.74, 6) is 0. The summed E-state index contributed by atoms with van der Waals surface area (Å²) in [6.45, 7) is 0. The van der Waals surface area contributed by atoms with E-state index in [1.165, 1.54) is 55.6 Å². The molecule has 2 heteroatoms. The van der Waals surface area contributed by atoms with Crippen molar-refractivity contribution in [3.8, 4) is 33.4 Å². The van der Waals surface area contributed by atoms with E-state index in [1.807, 2.05) is 6.07 Å². The Labute approximate surface area is 296 Å². The Morgan fingerprint density at radius 2 is 0.882 bits per heavy atom. The summed E-state index contributed by atoms with van der Waals surface area (Å²) in [7, 11) is 0. The van der Waals surface area contributed by atoms with Crippen LogP contribution in [0.1, 0.15) is 22.3 Å². The maximum atomic E-state index is 6.77. The van der Waals surface area contributed by atoms with Crippen LogP contribution in [0, 0.1) is 0 Å². The van der Waals surface area contributed by atoms with Gasteiger partial charge in [-0.2, -0.15) is 0 Å². The fraction of sp³-hybridized carbons (Fsp3) is 0.0204. The summed E-state index contributed by atoms with van der Waals surface area (Å²) in [5.41, 5.74) is 17.3. The molecule has 0 bridgehead atoms. The molecule has 1 aromatic heterocycles. The van der Waals surface area contributed by atoms with Gasteiger partial charge in [0.2, 0.25) is 0 Å². The number of benzene rings is 8. The number of fused-ring (bicyclic) bond motifs is 13. The summed E-state index contributed by atoms with van der Waals surface area (Å²) in [5, 5.41) is 2.23. The van der Waals surface area contributed by atoms with E-state index in [0.29, 0.717) is 0 Å². The molecular formula is C49H31NO. The molecule has 0 aliphatic heterocycles. The van der Waals surface area contributed by atoms with E-state index in [2.05, 4.69) is 187 Å². The van der Waals surface area contributed by atoms with Gasteiger partial charge in [-0.05, 0) is 80.4 Å². The van der Waals surface area contributed by atoms with Gasteiger partial charge in [-0.15, -0.1) is 0 Å². The van der Waals surface area contributed by atoms with Gasteiger partial charge in [-0.25, -0.2) is 0 Å². The van der Waals surface area contributed by atoms with Gasteiger partial charge < -0.3 is 9.32 Å². The van der Waals surface area contributed by atoms with Gasteiger partial charge in [0.25, 0.3) is 0 Å². The van der Waals surface area contributed by atoms with E-state index in [9.17, 15) is 0 Å². The second-order valence-corrected chi connectivity index (χ2v) is 13.6. The number of rotatable bonds is 4. The summed E-state index contributed by atoms with van der Waals surface area (Å²) >= 11 is 0. The second-order valence-electron chi connectivity index (χ2n) is 13.6. The standard InChI is InChI=1S/C49H31NO/c1-2-14-32(15-3-1)33-28-30-34(31-29-33)50(45-26-13-21-40-38-19-7-11-27-46(38)51-48(40)45)44-25-12-20-39-37-18-6-10-24-43(37)49(47(39)44)41-22-8-4-16-35(41)36-17-5-9-23-42(36)49/h1-31H. The van der Waals surface area contributed by atoms with E-state index in [-0.39, 0.29) is 0 Å². The summed E-state index contributed by atoms with van der Waals surface area (Å²) in [6.07, 6.45) is 0. The third-order valence-corrected chi connectivity index (χ3v) is 11.1. The van der Waals surface area contributed by atoms with Crippen molar-refractivity contribution in [2.75, 3.05) is 4.90 Å². The first kappa shape index (κ1) is 28.2. The van der Waals surface area contributed by atoms with Crippen molar-refractivity contribution < 1.29 is 4.42 Å². The van der Waals surface area contributed by atoms with Crippen LogP contribution in [-0.4, -0.2) is 0 Å². The highest BCUT2D eigenvalue weighted by atomic mass is 16.3. The molecule has 0 amide bonds. The molecule has 0 atom stereocenters. The minimum atomic E-state index is -0.500. The van der Waals surface area contributed by atoms with Gasteiger partial charge in [0, 0.05) is 22.0 Å². The first-order valence-corrected chi connectivity index (χ1v) is 17.6. The van der Waals surface area contributed by atoms with Crippen molar-refractivity contribution in [3.05, 3.63) is 210 Å². The second kappa shape index (κ2) is 10.7. The molecule has 0 fully saturated rings. The Morgan fingerprint density at radius 1 is 0.373 bits per heavy atom. The summed E-state index contributed by atoms with van der Waals surface area (Å²) in [6, 6.07) is 68.4. The molecule has 1 spiro atoms. The van der Waals surface area contributed by atoms with Crippen LogP contribution in [-0.2, 0) is 5.41 Å². The van der Waals surface area contributed by atoms with Crippen molar-refractivity contribution in [1.82, 2.24) is 0 Å². The molecule has 0 unspecified atom stereocenters. The highest BCUT2D eigenvalue weighted by Crippen LogP contribution is 2.65. The molecule has 2 nitrogen and oxygen atoms in total. The predicted molar refractivity (Wildman–Crippen MR) is 210 cm³/mol. The SMILES string of the molecule is c1ccc(-c2ccc(N(c3cccc4c3C3(c5ccccc5-c5ccccc53)c3ccccc3-4)c3cccc4c3oc3ccccc34)cc2)cc1. The molecule has 11 rings (SSSR count). The Hall–Kier alpha value is -6.64. The molecule has 0 N–H and O–H groups in total. The van der Waals surface area contributed by atoms with E-state index in [4.69, 9.17) is 4.42 Å². The fourth-order valence-electron chi connectivity index (χ4n) is 9.07. The molecule has 2 aliphatic rings. The van der Waals surface area contributed by atoms with Crippen LogP contribution in [0.15, 0.2) is 192 Å². The van der Waals surface area contributed by atoms with Crippen LogP contribution in [0.5, 0.6) is 0 Å². The Morgan fingerprint density at radius 3 is 1.59 bits per heavy atom. The Balaban J connectivity index is 1.25. The first-order chi connectivity index (χ1) is 25.3. The van der Waals surface area contributed by atoms with Crippen molar-refractivity contribution in [3.63, 3.8) is 0 Å². The van der Waals surface area contributed by atoms with Crippen LogP contribution < -0.4 is 4.90 Å². The normalized spacial score (nSPS) is 13.3. The predicted octanol–water partition coefficient (Wildman–Crippen LogP) is 13.1. The van der Waals surface area contributed by atoms with Crippen LogP contribution in [0.3, 0.4) is 0 Å². The molecule has 0 saturated carbocycles. The highest BCUT2D eigenvalue weighted by molar-refractivity contribution is 6.11. The molecule has 2 aliphatic carbocycles. The van der Waals surface area contributed by atoms with Crippen LogP contribution in [0.4, 0.5) is 17.1 Å². The zero-order valence-corrected chi connectivity index (χ0v) is 27.8. The molecule has 51 heavy (non-hydrogen) atoms. The lowest BCUT2D eigenvalue weighted by Gasteiger charge is -2.35. The van der Waals surface area contributed by atoms with E-state index >= 15 is 0 Å². The number of nitrogens with zero attached hydrogens (tertiary/aromatic N) is 1. The largest absolute Gasteiger partial charge is 0.454 e. The molecule has 0 radical (unpaired) electrons. The third kappa shape index (κ3) is 3.82. The van der Waals surface area contributed by atoms with E-state index < -0.39 is 5.41 Å². The van der Waals surface area contributed by atoms with Crippen molar-refractivity contribution in [1.29, 1.82) is 0 Å². The van der Waals surface area contributed by atoms with Crippen molar-refractivity contribution in [2.24, 2.45) is 0 Å². The smallest absolute Gasteiger partial charge is 0.159 e. The molecule has 8 aromatic carbocycles. The van der Waals surface area contributed by atoms with Crippen LogP contribution in [0.25, 0.3) is 55.3 Å². The fourth-order valence-corrected chi connectivity index (χ4v) is 9.07. The average Bonchev–Trinajstić information content (AvgIpc) is 3.84. The Kier molecular flexibility index (Phi) is 5.91. The van der Waals surface area contributed by atoms with Gasteiger partial charge in [0.05, 0.1) is 16.8 Å². The summed E-state index contributed by atoms with van der Waals surface area (Å²) in [4.78, 5) is 2.44. The number of anilines is 3. The summed E-state index contributed by atoms with van der Waals surface area (Å²) < 4.78 is 6.77. The van der Waals surface area contributed by atoms with Gasteiger partial charge in [-0.3, -0.25) is 0 Å². The molecule has 238 valence electrons. The lowest BCUT2D eigenvalue weighted by Crippen LogP contribution is -2.28. The quantitative estimate of drug-likeness (QED) is 0.189. The monoisotopic (exact) mass is 649 g/mol. The van der Waals surface area contributed by atoms with E-state index in [0.717, 1.165) is 39.0 Å². The lowest BCUT2D eigenvalue weighted by atomic mass is 9.70. The van der Waals surface area contributed by atoms with Crippen LogP contribution >= 0.6 is 0 Å². The topological polar surface area (TPSA) is 16.4 Å². The van der Waals surface area contributed by atoms with Gasteiger partial charge in [0.15, 0.2) is 5.58 Å². The minimum Gasteiger partial charge on any atom is -0.454 e. The molecule has 1 heterocycles. The zero-order valence-electron chi connectivity index (χ0n) is 27.8. The number of hydrogen-bond acceptors (Lipinski definition) is 2. The highest BCUT2D eigenvalue weighted by Gasteiger charge is 2.53. The van der Waals surface area contributed by atoms with Gasteiger partial charge in [0.1, 0.15) is 5.58 Å². The van der Waals surface area contributed by atoms with E-state index in [1.54, 1.807) is 0 Å². The van der Waals surface area contributed by atoms with Gasteiger partial charge in [-0.1, -0.05) is 158 Å². The van der Waals surface area contributed by atoms with Gasteiger partial charge >= 0.3 is 0 Å². The number of para-hydroxylation sites is 2. The Bertz CT molecular complexity index is 2750. The maximum Gasteiger partial charge on any atom is 0.159 e. The van der Waals surface area contributed by atoms with Crippen LogP contribution in [0.2, 0.25) is 0 Å². The van der Waals surface area contributed by atoms with Crippen molar-refractivity contribution in [2.45, 2.75) is 5.41 Å². The lowest BCUT2D eigenvalue weighted by molar-refractivity contribution is 0.669. The first-order valence-electron chi connectivity index (χ1n) is 17.6. The maximum absolute atomic E-state index is 6.77. The molecule has 0 saturated heterocycles. The minimum absolute atomic E-state index is 0.500. The molecule has 9 aromatic rings. The van der Waals surface area contributed by atoms with Crippen molar-refractivity contribution >= 4 is 39.0 Å². The third-order valence-electron chi connectivity index (χ3n) is 11.1. The number of furan rings is 1. The zero-order chi connectivity index (χ0) is 33.5. The average molecular weight is 650 g/mol. The number of hydrogen-bond donors (Lipinski definition) is 0.